The van der Waals surface area contributed by atoms with Crippen molar-refractivity contribution in [2.75, 3.05) is 0 Å². The van der Waals surface area contributed by atoms with Crippen molar-refractivity contribution in [2.24, 2.45) is 0 Å². The van der Waals surface area contributed by atoms with Crippen LogP contribution in [0.2, 0.25) is 0 Å². The van der Waals surface area contributed by atoms with Crippen LogP contribution in [0.3, 0.4) is 0 Å². The fraction of sp³-hybridized carbons (Fsp3) is 0. The van der Waals surface area contributed by atoms with Crippen LogP contribution in [0.4, 0.5) is 0 Å². The molecule has 1 aromatic heterocycles. The van der Waals surface area contributed by atoms with Crippen LogP contribution >= 0.6 is 0 Å². The fourth-order valence-corrected chi connectivity index (χ4v) is 0.500. The van der Waals surface area contributed by atoms with E-state index in [9.17, 15) is 0 Å². The van der Waals surface area contributed by atoms with Crippen molar-refractivity contribution in [3.63, 3.8) is 0 Å². The van der Waals surface area contributed by atoms with E-state index in [4.69, 9.17) is 0 Å². The third-order valence-electron chi connectivity index (χ3n) is 0.942. The van der Waals surface area contributed by atoms with Gasteiger partial charge < -0.3 is 0 Å². The Hall–Kier alpha value is -1.05. The van der Waals surface area contributed by atoms with Gasteiger partial charge in [-0.3, -0.25) is 4.98 Å². The highest BCUT2D eigenvalue weighted by Gasteiger charge is 1.76. The lowest BCUT2D eigenvalue weighted by Gasteiger charge is -1.84. The summed E-state index contributed by atoms with van der Waals surface area (Å²) in [6, 6.07) is 3.82. The summed E-state index contributed by atoms with van der Waals surface area (Å²) >= 11 is 0. The van der Waals surface area contributed by atoms with Gasteiger partial charge in [0.25, 0.3) is 0 Å². The van der Waals surface area contributed by atoms with Crippen LogP contribution in [0.15, 0.2) is 31.1 Å². The maximum absolute atomic E-state index is 3.85. The number of nitrogens with zero attached hydrogens (tertiary/aromatic N) is 1. The van der Waals surface area contributed by atoms with E-state index in [-0.39, 0.29) is 8.41 Å². The second-order valence-electron chi connectivity index (χ2n) is 1.48. The minimum absolute atomic E-state index is 0. The van der Waals surface area contributed by atoms with Crippen LogP contribution in [-0.2, 0) is 0 Å². The zero-order chi connectivity index (χ0) is 5.82. The zero-order valence-corrected chi connectivity index (χ0v) is 4.54. The van der Waals surface area contributed by atoms with E-state index < -0.39 is 0 Å². The van der Waals surface area contributed by atoms with Gasteiger partial charge in [-0.2, -0.15) is 0 Å². The summed E-state index contributed by atoms with van der Waals surface area (Å²) in [5, 5.41) is 0. The molecule has 0 aliphatic heterocycles. The monoisotopic (exact) mass is 119 g/mol. The van der Waals surface area contributed by atoms with Gasteiger partial charge in [-0.15, -0.1) is 0 Å². The SMILES string of the molecule is B.C=Cc1ccncc1. The maximum Gasteiger partial charge on any atom is 0.0814 e. The molecular weight excluding hydrogens is 109 g/mol. The average Bonchev–Trinajstić information content (AvgIpc) is 1.90. The van der Waals surface area contributed by atoms with Gasteiger partial charge in [0.2, 0.25) is 0 Å². The van der Waals surface area contributed by atoms with Gasteiger partial charge >= 0.3 is 0 Å². The Balaban J connectivity index is 0.000000640. The molecule has 1 rings (SSSR count). The van der Waals surface area contributed by atoms with Gasteiger partial charge in [0.1, 0.15) is 0 Å². The quantitative estimate of drug-likeness (QED) is 0.491. The van der Waals surface area contributed by atoms with E-state index in [1.54, 1.807) is 18.5 Å². The molecule has 0 atom stereocenters. The summed E-state index contributed by atoms with van der Waals surface area (Å²) in [4.78, 5) is 3.85. The summed E-state index contributed by atoms with van der Waals surface area (Å²) < 4.78 is 0. The molecule has 0 saturated carbocycles. The normalized spacial score (nSPS) is 7.56. The van der Waals surface area contributed by atoms with Gasteiger partial charge in [-0.05, 0) is 17.7 Å². The number of hydrogen-bond donors (Lipinski definition) is 0. The van der Waals surface area contributed by atoms with Crippen molar-refractivity contribution in [3.05, 3.63) is 36.7 Å². The summed E-state index contributed by atoms with van der Waals surface area (Å²) in [5.74, 6) is 0. The molecule has 0 fully saturated rings. The molecule has 1 heterocycles. The predicted molar refractivity (Wildman–Crippen MR) is 44.3 cm³/mol. The zero-order valence-electron chi connectivity index (χ0n) is 4.54. The van der Waals surface area contributed by atoms with Crippen LogP contribution in [0.1, 0.15) is 5.56 Å². The van der Waals surface area contributed by atoms with Crippen LogP contribution in [0, 0.1) is 0 Å². The van der Waals surface area contributed by atoms with Crippen LogP contribution in [-0.4, -0.2) is 13.4 Å². The lowest BCUT2D eigenvalue weighted by atomic mass is 10.3. The van der Waals surface area contributed by atoms with Crippen molar-refractivity contribution in [2.45, 2.75) is 0 Å². The highest BCUT2D eigenvalue weighted by atomic mass is 14.6. The first-order valence-electron chi connectivity index (χ1n) is 2.46. The highest BCUT2D eigenvalue weighted by Crippen LogP contribution is 1.94. The topological polar surface area (TPSA) is 12.9 Å². The first-order chi connectivity index (χ1) is 3.93. The minimum Gasteiger partial charge on any atom is -0.265 e. The predicted octanol–water partition coefficient (Wildman–Crippen LogP) is 0.541. The van der Waals surface area contributed by atoms with Gasteiger partial charge in [-0.25, -0.2) is 0 Å². The largest absolute Gasteiger partial charge is 0.265 e. The number of aromatic nitrogens is 1. The van der Waals surface area contributed by atoms with E-state index in [2.05, 4.69) is 11.6 Å². The van der Waals surface area contributed by atoms with E-state index >= 15 is 0 Å². The minimum atomic E-state index is 0. The number of hydrogen-bond acceptors (Lipinski definition) is 1. The standard InChI is InChI=1S/C7H7N.BH3/c1-2-7-3-5-8-6-4-7;/h2-6H,1H2;1H3. The molecule has 1 nitrogen and oxygen atoms in total. The molecule has 0 spiro atoms. The molecule has 2 heteroatoms. The Morgan fingerprint density at radius 2 is 1.89 bits per heavy atom. The summed E-state index contributed by atoms with van der Waals surface area (Å²) in [7, 11) is 0. The Morgan fingerprint density at radius 3 is 2.22 bits per heavy atom. The average molecular weight is 119 g/mol. The molecule has 46 valence electrons. The Kier molecular flexibility index (Phi) is 3.44. The van der Waals surface area contributed by atoms with Gasteiger partial charge in [-0.1, -0.05) is 12.7 Å². The van der Waals surface area contributed by atoms with E-state index in [1.807, 2.05) is 12.1 Å². The Morgan fingerprint density at radius 1 is 1.33 bits per heavy atom. The van der Waals surface area contributed by atoms with Crippen molar-refractivity contribution >= 4 is 14.5 Å². The molecule has 0 aromatic carbocycles. The van der Waals surface area contributed by atoms with Crippen molar-refractivity contribution in [3.8, 4) is 0 Å². The molecule has 9 heavy (non-hydrogen) atoms. The molecule has 0 N–H and O–H groups in total. The molecule has 0 radical (unpaired) electrons. The van der Waals surface area contributed by atoms with Crippen molar-refractivity contribution in [1.82, 2.24) is 4.98 Å². The fourth-order valence-electron chi connectivity index (χ4n) is 0.500. The van der Waals surface area contributed by atoms with E-state index in [0.717, 1.165) is 5.56 Å². The number of pyridine rings is 1. The molecule has 0 saturated heterocycles. The summed E-state index contributed by atoms with van der Waals surface area (Å²) in [6.45, 7) is 3.60. The Bertz CT molecular complexity index is 172. The van der Waals surface area contributed by atoms with Gasteiger partial charge in [0.05, 0.1) is 8.41 Å². The van der Waals surface area contributed by atoms with E-state index in [0.29, 0.717) is 0 Å². The number of rotatable bonds is 1. The molecular formula is C7H10BN. The molecule has 0 amide bonds. The second kappa shape index (κ2) is 3.90. The smallest absolute Gasteiger partial charge is 0.0814 e. The summed E-state index contributed by atoms with van der Waals surface area (Å²) in [5.41, 5.74) is 1.11. The molecule has 0 bridgehead atoms. The first kappa shape index (κ1) is 7.95. The van der Waals surface area contributed by atoms with Crippen LogP contribution in [0.25, 0.3) is 6.08 Å². The maximum atomic E-state index is 3.85. The van der Waals surface area contributed by atoms with Crippen molar-refractivity contribution in [1.29, 1.82) is 0 Å². The Labute approximate surface area is 57.0 Å². The van der Waals surface area contributed by atoms with Crippen LogP contribution in [0.5, 0.6) is 0 Å². The molecule has 0 aliphatic rings. The lowest BCUT2D eigenvalue weighted by molar-refractivity contribution is 1.32. The van der Waals surface area contributed by atoms with Gasteiger partial charge in [0.15, 0.2) is 0 Å². The van der Waals surface area contributed by atoms with Gasteiger partial charge in [0, 0.05) is 12.4 Å². The molecule has 0 aliphatic carbocycles. The first-order valence-corrected chi connectivity index (χ1v) is 2.46. The molecule has 0 unspecified atom stereocenters. The van der Waals surface area contributed by atoms with Crippen LogP contribution < -0.4 is 0 Å². The lowest BCUT2D eigenvalue weighted by Crippen LogP contribution is -1.69. The van der Waals surface area contributed by atoms with E-state index in [1.165, 1.54) is 0 Å². The summed E-state index contributed by atoms with van der Waals surface area (Å²) in [6.07, 6.45) is 5.29. The highest BCUT2D eigenvalue weighted by molar-refractivity contribution is 5.75. The second-order valence-corrected chi connectivity index (χ2v) is 1.48. The third-order valence-corrected chi connectivity index (χ3v) is 0.942. The third kappa shape index (κ3) is 2.13. The molecule has 1 aromatic rings. The van der Waals surface area contributed by atoms with Crippen molar-refractivity contribution < 1.29 is 0 Å².